The second-order valence-electron chi connectivity index (χ2n) is 29.4. The molecule has 0 saturated heterocycles. The third-order valence-electron chi connectivity index (χ3n) is 20.5. The van der Waals surface area contributed by atoms with Gasteiger partial charge < -0.3 is 36.0 Å². The van der Waals surface area contributed by atoms with Crippen LogP contribution in [-0.4, -0.2) is 70.5 Å². The van der Waals surface area contributed by atoms with E-state index in [1.165, 1.54) is 274 Å². The van der Waals surface area contributed by atoms with E-state index in [-0.39, 0.29) is 0 Å². The van der Waals surface area contributed by atoms with Gasteiger partial charge in [-0.25, -0.2) is 0 Å². The average Bonchev–Trinajstić information content (AvgIpc) is 1.67. The van der Waals surface area contributed by atoms with Crippen LogP contribution in [0.3, 0.4) is 0 Å². The molecule has 614 valence electrons. The molecule has 0 aliphatic heterocycles. The lowest BCUT2D eigenvalue weighted by Gasteiger charge is -2.28. The largest absolute Gasteiger partial charge is 0.501 e. The topological polar surface area (TPSA) is 73.8 Å². The summed E-state index contributed by atoms with van der Waals surface area (Å²) in [6.07, 6.45) is 37.3. The fraction of sp³-hybridized carbons (Fsp3) is 0.565. The molecule has 10 heterocycles. The van der Waals surface area contributed by atoms with Crippen molar-refractivity contribution < 1.29 is 36.0 Å². The number of rotatable bonds is 61. The molecular weight excluding hydrogens is 1610 g/mol. The summed E-state index contributed by atoms with van der Waals surface area (Å²) in [6, 6.07) is 40.4. The van der Waals surface area contributed by atoms with Crippen molar-refractivity contribution in [3.05, 3.63) is 129 Å². The van der Waals surface area contributed by atoms with Gasteiger partial charge in [0.05, 0.1) is 13.2 Å². The first-order valence-electron chi connectivity index (χ1n) is 43.1. The number of thiophene rings is 10. The standard InChI is InChI=1S/C92H130O8S10Si2/c1-11-21-25-29-33-37-43-69-63-85(79-49-47-73(101-79)67-93-59-41-61-111(95-15-5,96-16-6)97-17-7)107-89(69)81-55-51-75(103-81)77-53-57-83(105-77)91-71(45-39-35-31-27-23-13-3)65-87(109-91)88-66-72(46-40-36-32-28-24-14-4)92(110-88)84-58-54-78(106-84)76-52-56-82(104-76)90-70(44-38-34-30-26-22-12-2)64-86(108-90)80-50-48-74(102-80)68-94-60-42-62-112(98-18-8,99-19-9)100-20-10/h47-58,63-66H,11-46,59-62,67-68H2,1-10H3. The zero-order valence-corrected chi connectivity index (χ0v) is 79.4. The molecule has 0 aliphatic rings. The van der Waals surface area contributed by atoms with Crippen LogP contribution >= 0.6 is 113 Å². The van der Waals surface area contributed by atoms with Crippen molar-refractivity contribution in [3.63, 3.8) is 0 Å². The molecule has 0 radical (unpaired) electrons. The highest BCUT2D eigenvalue weighted by atomic mass is 32.1. The van der Waals surface area contributed by atoms with Crippen LogP contribution in [0.2, 0.25) is 12.1 Å². The van der Waals surface area contributed by atoms with Crippen LogP contribution in [0.4, 0.5) is 0 Å². The van der Waals surface area contributed by atoms with Crippen LogP contribution in [0.1, 0.15) is 268 Å². The molecule has 0 aromatic carbocycles. The van der Waals surface area contributed by atoms with E-state index in [1.54, 1.807) is 0 Å². The minimum absolute atomic E-state index is 0.594. The van der Waals surface area contributed by atoms with Gasteiger partial charge in [-0.15, -0.1) is 113 Å². The number of hydrogen-bond donors (Lipinski definition) is 0. The van der Waals surface area contributed by atoms with Gasteiger partial charge in [-0.05, 0) is 225 Å². The van der Waals surface area contributed by atoms with Crippen molar-refractivity contribution in [3.8, 4) is 87.8 Å². The van der Waals surface area contributed by atoms with Crippen LogP contribution in [0.25, 0.3) is 87.8 Å². The third-order valence-corrected chi connectivity index (χ3v) is 39.7. The lowest BCUT2D eigenvalue weighted by atomic mass is 10.0. The van der Waals surface area contributed by atoms with Crippen LogP contribution in [0.15, 0.2) is 97.1 Å². The van der Waals surface area contributed by atoms with E-state index >= 15 is 0 Å². The summed E-state index contributed by atoms with van der Waals surface area (Å²) in [7, 11) is -5.38. The van der Waals surface area contributed by atoms with Crippen LogP contribution in [0, 0.1) is 0 Å². The number of aryl methyl sites for hydroxylation is 4. The number of hydrogen-bond acceptors (Lipinski definition) is 18. The number of ether oxygens (including phenoxy) is 2. The summed E-state index contributed by atoms with van der Waals surface area (Å²) >= 11 is 19.8. The van der Waals surface area contributed by atoms with Crippen LogP contribution < -0.4 is 0 Å². The van der Waals surface area contributed by atoms with Gasteiger partial charge in [-0.2, -0.15) is 0 Å². The van der Waals surface area contributed by atoms with Crippen molar-refractivity contribution in [2.45, 2.75) is 287 Å². The molecule has 0 spiro atoms. The molecule has 0 atom stereocenters. The highest BCUT2D eigenvalue weighted by molar-refractivity contribution is 7.32. The van der Waals surface area contributed by atoms with Gasteiger partial charge in [0.1, 0.15) is 0 Å². The fourth-order valence-electron chi connectivity index (χ4n) is 14.8. The van der Waals surface area contributed by atoms with Crippen LogP contribution in [0.5, 0.6) is 0 Å². The lowest BCUT2D eigenvalue weighted by molar-refractivity contribution is 0.0643. The number of unbranched alkanes of at least 4 members (excludes halogenated alkanes) is 20. The van der Waals surface area contributed by atoms with Crippen molar-refractivity contribution in [1.82, 2.24) is 0 Å². The lowest BCUT2D eigenvalue weighted by Crippen LogP contribution is -2.46. The van der Waals surface area contributed by atoms with Crippen molar-refractivity contribution >= 4 is 131 Å². The van der Waals surface area contributed by atoms with Gasteiger partial charge in [0, 0.05) is 162 Å². The molecular formula is C92H130O8S10Si2. The quantitative estimate of drug-likeness (QED) is 0.0276. The molecule has 112 heavy (non-hydrogen) atoms. The second kappa shape index (κ2) is 50.3. The summed E-state index contributed by atoms with van der Waals surface area (Å²) in [5.74, 6) is 0. The summed E-state index contributed by atoms with van der Waals surface area (Å²) in [5, 5.41) is 0. The zero-order valence-electron chi connectivity index (χ0n) is 69.3. The maximum atomic E-state index is 6.30. The predicted molar refractivity (Wildman–Crippen MR) is 502 cm³/mol. The summed E-state index contributed by atoms with van der Waals surface area (Å²) in [4.78, 5) is 27.7. The van der Waals surface area contributed by atoms with Gasteiger partial charge in [0.2, 0.25) is 0 Å². The zero-order chi connectivity index (χ0) is 78.6. The first-order valence-corrected chi connectivity index (χ1v) is 55.1. The van der Waals surface area contributed by atoms with E-state index in [0.717, 1.165) is 50.6 Å². The van der Waals surface area contributed by atoms with Gasteiger partial charge in [0.15, 0.2) is 0 Å². The van der Waals surface area contributed by atoms with Crippen molar-refractivity contribution in [2.24, 2.45) is 0 Å². The Morgan fingerprint density at radius 1 is 0.223 bits per heavy atom. The Hall–Kier alpha value is -2.89. The van der Waals surface area contributed by atoms with Gasteiger partial charge in [0.25, 0.3) is 0 Å². The maximum absolute atomic E-state index is 6.30. The SMILES string of the molecule is CCCCCCCCc1cc(-c2ccc(COCCC[Si](OCC)(OCC)OCC)s2)sc1-c1ccc(-c2ccc(-c3sc(-c4cc(CCCCCCCC)c(-c5ccc(-c6ccc(-c7sc(-c8ccc(COCCC[Si](OCC)(OCC)OCC)s8)cc7CCCCCCCC)s6)s5)s4)cc3CCCCCCCC)s2)s1. The Balaban J connectivity index is 0.877. The molecule has 8 nitrogen and oxygen atoms in total. The normalized spacial score (nSPS) is 12.2. The van der Waals surface area contributed by atoms with Gasteiger partial charge in [-0.3, -0.25) is 0 Å². The molecule has 10 rings (SSSR count). The monoisotopic (exact) mass is 1740 g/mol. The minimum atomic E-state index is -2.69. The third kappa shape index (κ3) is 27.6. The molecule has 0 saturated carbocycles. The van der Waals surface area contributed by atoms with Gasteiger partial charge in [-0.1, -0.05) is 156 Å². The van der Waals surface area contributed by atoms with Crippen LogP contribution in [-0.2, 0) is 74.9 Å². The minimum Gasteiger partial charge on any atom is -0.376 e. The van der Waals surface area contributed by atoms with E-state index in [0.29, 0.717) is 66.1 Å². The maximum Gasteiger partial charge on any atom is 0.501 e. The average molecular weight is 1740 g/mol. The summed E-state index contributed by atoms with van der Waals surface area (Å²) in [5.41, 5.74) is 6.06. The molecule has 0 N–H and O–H groups in total. The highest BCUT2D eigenvalue weighted by Gasteiger charge is 2.41. The fourth-order valence-corrected chi connectivity index (χ4v) is 31.7. The predicted octanol–water partition coefficient (Wildman–Crippen LogP) is 32.8. The molecule has 0 bridgehead atoms. The first kappa shape index (κ1) is 91.4. The molecule has 20 heteroatoms. The highest BCUT2D eigenvalue weighted by Crippen LogP contribution is 2.53. The van der Waals surface area contributed by atoms with E-state index < -0.39 is 17.6 Å². The van der Waals surface area contributed by atoms with Crippen molar-refractivity contribution in [1.29, 1.82) is 0 Å². The first-order chi connectivity index (χ1) is 55.0. The van der Waals surface area contributed by atoms with E-state index in [1.807, 2.05) is 132 Å². The summed E-state index contributed by atoms with van der Waals surface area (Å²) < 4.78 is 49.3. The molecule has 0 fully saturated rings. The molecule has 0 unspecified atom stereocenters. The Kier molecular flexibility index (Phi) is 41.0. The van der Waals surface area contributed by atoms with Crippen molar-refractivity contribution in [2.75, 3.05) is 52.9 Å². The summed E-state index contributed by atoms with van der Waals surface area (Å²) in [6.45, 7) is 27.5. The Morgan fingerprint density at radius 3 is 0.705 bits per heavy atom. The Labute approximate surface area is 717 Å². The van der Waals surface area contributed by atoms with E-state index in [2.05, 4.69) is 147 Å². The molecule has 0 amide bonds. The Morgan fingerprint density at radius 2 is 0.446 bits per heavy atom. The van der Waals surface area contributed by atoms with E-state index in [9.17, 15) is 0 Å². The molecule has 10 aromatic rings. The van der Waals surface area contributed by atoms with E-state index in [4.69, 9.17) is 36.0 Å². The second-order valence-corrected chi connectivity index (χ2v) is 45.7. The van der Waals surface area contributed by atoms with Gasteiger partial charge >= 0.3 is 17.6 Å². The smallest absolute Gasteiger partial charge is 0.376 e. The Bertz CT molecular complexity index is 3920. The molecule has 0 aliphatic carbocycles. The molecule has 10 aromatic heterocycles.